The van der Waals surface area contributed by atoms with Gasteiger partial charge in [0.15, 0.2) is 0 Å². The second-order valence-electron chi connectivity index (χ2n) is 4.91. The molecule has 6 heteroatoms. The third kappa shape index (κ3) is 3.19. The van der Waals surface area contributed by atoms with Gasteiger partial charge in [-0.1, -0.05) is 12.8 Å². The summed E-state index contributed by atoms with van der Waals surface area (Å²) in [5.41, 5.74) is 0. The number of methoxy groups -OCH3 is 2. The Morgan fingerprint density at radius 1 is 1.12 bits per heavy atom. The van der Waals surface area contributed by atoms with Crippen LogP contribution in [0.5, 0.6) is 0 Å². The Hall–Kier alpha value is -0.170. The van der Waals surface area contributed by atoms with Crippen LogP contribution < -0.4 is 0 Å². The topological polar surface area (TPSA) is 55.8 Å². The SMILES string of the molecule is CO[C@H]1CN(S(=O)(=O)CCC2CC2)C[C@H]1OC. The van der Waals surface area contributed by atoms with E-state index in [1.54, 1.807) is 14.2 Å². The predicted molar refractivity (Wildman–Crippen MR) is 64.3 cm³/mol. The fraction of sp³-hybridized carbons (Fsp3) is 1.00. The van der Waals surface area contributed by atoms with Gasteiger partial charge in [0.2, 0.25) is 10.0 Å². The fourth-order valence-corrected chi connectivity index (χ4v) is 3.88. The highest BCUT2D eigenvalue weighted by Gasteiger charge is 2.39. The highest BCUT2D eigenvalue weighted by atomic mass is 32.2. The molecule has 1 saturated carbocycles. The Kier molecular flexibility index (Phi) is 4.07. The van der Waals surface area contributed by atoms with Gasteiger partial charge in [-0.25, -0.2) is 8.42 Å². The molecular formula is C11H21NO4S. The summed E-state index contributed by atoms with van der Waals surface area (Å²) < 4.78 is 36.2. The van der Waals surface area contributed by atoms with Gasteiger partial charge in [-0.3, -0.25) is 0 Å². The largest absolute Gasteiger partial charge is 0.377 e. The van der Waals surface area contributed by atoms with Crippen molar-refractivity contribution in [1.82, 2.24) is 4.31 Å². The molecule has 0 radical (unpaired) electrons. The van der Waals surface area contributed by atoms with Crippen LogP contribution >= 0.6 is 0 Å². The Bertz CT molecular complexity index is 340. The monoisotopic (exact) mass is 263 g/mol. The van der Waals surface area contributed by atoms with Crippen molar-refractivity contribution >= 4 is 10.0 Å². The summed E-state index contributed by atoms with van der Waals surface area (Å²) in [5, 5.41) is 0. The second kappa shape index (κ2) is 5.22. The summed E-state index contributed by atoms with van der Waals surface area (Å²) >= 11 is 0. The smallest absolute Gasteiger partial charge is 0.214 e. The standard InChI is InChI=1S/C11H21NO4S/c1-15-10-7-12(8-11(10)16-2)17(13,14)6-5-9-3-4-9/h9-11H,3-8H2,1-2H3/t10-,11+. The zero-order valence-electron chi connectivity index (χ0n) is 10.5. The maximum Gasteiger partial charge on any atom is 0.214 e. The van der Waals surface area contributed by atoms with Gasteiger partial charge in [0.1, 0.15) is 0 Å². The first-order valence-electron chi connectivity index (χ1n) is 6.10. The molecule has 2 aliphatic rings. The zero-order valence-corrected chi connectivity index (χ0v) is 11.3. The molecule has 5 nitrogen and oxygen atoms in total. The van der Waals surface area contributed by atoms with Crippen molar-refractivity contribution in [3.8, 4) is 0 Å². The van der Waals surface area contributed by atoms with E-state index in [0.717, 1.165) is 6.42 Å². The highest BCUT2D eigenvalue weighted by Crippen LogP contribution is 2.33. The lowest BCUT2D eigenvalue weighted by Gasteiger charge is -2.15. The molecule has 1 aliphatic heterocycles. The third-order valence-corrected chi connectivity index (χ3v) is 5.50. The Morgan fingerprint density at radius 2 is 1.65 bits per heavy atom. The van der Waals surface area contributed by atoms with E-state index < -0.39 is 10.0 Å². The van der Waals surface area contributed by atoms with Crippen molar-refractivity contribution in [2.75, 3.05) is 33.1 Å². The summed E-state index contributed by atoms with van der Waals surface area (Å²) in [6.45, 7) is 0.837. The van der Waals surface area contributed by atoms with Gasteiger partial charge in [0, 0.05) is 27.3 Å². The lowest BCUT2D eigenvalue weighted by Crippen LogP contribution is -2.32. The second-order valence-corrected chi connectivity index (χ2v) is 7.00. The maximum atomic E-state index is 12.1. The number of nitrogens with zero attached hydrogens (tertiary/aromatic N) is 1. The summed E-state index contributed by atoms with van der Waals surface area (Å²) in [4.78, 5) is 0. The lowest BCUT2D eigenvalue weighted by atomic mass is 10.3. The molecule has 0 bridgehead atoms. The average Bonchev–Trinajstić information content (AvgIpc) is 3.03. The van der Waals surface area contributed by atoms with Crippen LogP contribution in [0.2, 0.25) is 0 Å². The Labute approximate surface area is 103 Å². The molecule has 2 atom stereocenters. The van der Waals surface area contributed by atoms with Gasteiger partial charge in [-0.2, -0.15) is 4.31 Å². The molecule has 0 amide bonds. The molecule has 0 aromatic rings. The molecule has 0 unspecified atom stereocenters. The highest BCUT2D eigenvalue weighted by molar-refractivity contribution is 7.89. The van der Waals surface area contributed by atoms with E-state index in [0.29, 0.717) is 19.0 Å². The van der Waals surface area contributed by atoms with Crippen molar-refractivity contribution in [1.29, 1.82) is 0 Å². The molecule has 0 spiro atoms. The number of hydrogen-bond donors (Lipinski definition) is 0. The van der Waals surface area contributed by atoms with Crippen LogP contribution in [0.4, 0.5) is 0 Å². The van der Waals surface area contributed by atoms with E-state index in [4.69, 9.17) is 9.47 Å². The van der Waals surface area contributed by atoms with Crippen LogP contribution in [0.3, 0.4) is 0 Å². The van der Waals surface area contributed by atoms with Crippen molar-refractivity contribution < 1.29 is 17.9 Å². The van der Waals surface area contributed by atoms with Crippen molar-refractivity contribution in [2.45, 2.75) is 31.5 Å². The Balaban J connectivity index is 1.92. The molecule has 0 N–H and O–H groups in total. The first-order chi connectivity index (χ1) is 8.06. The summed E-state index contributed by atoms with van der Waals surface area (Å²) in [6.07, 6.45) is 2.90. The summed E-state index contributed by atoms with van der Waals surface area (Å²) in [7, 11) is 0.0607. The predicted octanol–water partition coefficient (Wildman–Crippen LogP) is 0.462. The molecule has 17 heavy (non-hydrogen) atoms. The number of rotatable bonds is 6. The number of sulfonamides is 1. The van der Waals surface area contributed by atoms with Crippen LogP contribution in [0.25, 0.3) is 0 Å². The first kappa shape index (κ1) is 13.3. The van der Waals surface area contributed by atoms with Gasteiger partial charge >= 0.3 is 0 Å². The molecule has 1 heterocycles. The van der Waals surface area contributed by atoms with E-state index in [-0.39, 0.29) is 18.0 Å². The van der Waals surface area contributed by atoms with Crippen LogP contribution in [-0.2, 0) is 19.5 Å². The minimum atomic E-state index is -3.13. The summed E-state index contributed by atoms with van der Waals surface area (Å²) in [5.74, 6) is 0.911. The van der Waals surface area contributed by atoms with E-state index in [1.807, 2.05) is 0 Å². The number of ether oxygens (including phenoxy) is 2. The van der Waals surface area contributed by atoms with Gasteiger partial charge in [0.25, 0.3) is 0 Å². The first-order valence-corrected chi connectivity index (χ1v) is 7.71. The Morgan fingerprint density at radius 3 is 2.06 bits per heavy atom. The molecule has 0 aromatic carbocycles. The molecule has 1 saturated heterocycles. The lowest BCUT2D eigenvalue weighted by molar-refractivity contribution is -0.00461. The minimum Gasteiger partial charge on any atom is -0.377 e. The van der Waals surface area contributed by atoms with Gasteiger partial charge in [0.05, 0.1) is 18.0 Å². The molecular weight excluding hydrogens is 242 g/mol. The van der Waals surface area contributed by atoms with Gasteiger partial charge in [-0.15, -0.1) is 0 Å². The van der Waals surface area contributed by atoms with Crippen LogP contribution in [0.15, 0.2) is 0 Å². The van der Waals surface area contributed by atoms with E-state index >= 15 is 0 Å². The van der Waals surface area contributed by atoms with Crippen molar-refractivity contribution in [2.24, 2.45) is 5.92 Å². The van der Waals surface area contributed by atoms with Crippen LogP contribution in [-0.4, -0.2) is 58.0 Å². The fourth-order valence-electron chi connectivity index (χ4n) is 2.24. The van der Waals surface area contributed by atoms with Crippen LogP contribution in [0, 0.1) is 5.92 Å². The normalized spacial score (nSPS) is 30.9. The zero-order chi connectivity index (χ0) is 12.5. The minimum absolute atomic E-state index is 0.143. The van der Waals surface area contributed by atoms with E-state index in [1.165, 1.54) is 17.1 Å². The molecule has 2 fully saturated rings. The summed E-state index contributed by atoms with van der Waals surface area (Å²) in [6, 6.07) is 0. The maximum absolute atomic E-state index is 12.1. The molecule has 2 rings (SSSR count). The van der Waals surface area contributed by atoms with Crippen molar-refractivity contribution in [3.63, 3.8) is 0 Å². The quantitative estimate of drug-likeness (QED) is 0.698. The van der Waals surface area contributed by atoms with Crippen LogP contribution in [0.1, 0.15) is 19.3 Å². The average molecular weight is 263 g/mol. The molecule has 100 valence electrons. The molecule has 1 aliphatic carbocycles. The van der Waals surface area contributed by atoms with Gasteiger partial charge < -0.3 is 9.47 Å². The molecule has 0 aromatic heterocycles. The number of hydrogen-bond acceptors (Lipinski definition) is 4. The van der Waals surface area contributed by atoms with E-state index in [9.17, 15) is 8.42 Å². The van der Waals surface area contributed by atoms with Gasteiger partial charge in [-0.05, 0) is 12.3 Å². The van der Waals surface area contributed by atoms with E-state index in [2.05, 4.69) is 0 Å². The van der Waals surface area contributed by atoms with Crippen molar-refractivity contribution in [3.05, 3.63) is 0 Å². The third-order valence-electron chi connectivity index (χ3n) is 3.66.